The lowest BCUT2D eigenvalue weighted by Crippen LogP contribution is -2.19. The number of ether oxygens (including phenoxy) is 1. The number of halogens is 1. The molecule has 4 rings (SSSR count). The highest BCUT2D eigenvalue weighted by Gasteiger charge is 2.13. The average molecular weight is 473 g/mol. The number of anilines is 2. The number of carbonyl (C=O) groups is 2. The van der Waals surface area contributed by atoms with E-state index in [4.69, 9.17) is 16.3 Å². The van der Waals surface area contributed by atoms with Gasteiger partial charge in [-0.05, 0) is 84.3 Å². The van der Waals surface area contributed by atoms with Crippen molar-refractivity contribution in [3.05, 3.63) is 107 Å². The normalized spacial score (nSPS) is 10.4. The molecule has 0 heterocycles. The van der Waals surface area contributed by atoms with Crippen LogP contribution in [0.4, 0.5) is 16.2 Å². The van der Waals surface area contributed by atoms with Crippen LogP contribution in [0.5, 0.6) is 11.5 Å². The van der Waals surface area contributed by atoms with Crippen LogP contribution in [0.15, 0.2) is 91.0 Å². The maximum absolute atomic E-state index is 12.8. The predicted molar refractivity (Wildman–Crippen MR) is 134 cm³/mol. The molecule has 0 aliphatic heterocycles. The third kappa shape index (κ3) is 5.74. The van der Waals surface area contributed by atoms with Crippen molar-refractivity contribution in [2.45, 2.75) is 6.92 Å². The molecule has 0 atom stereocenters. The van der Waals surface area contributed by atoms with E-state index in [1.165, 1.54) is 6.07 Å². The summed E-state index contributed by atoms with van der Waals surface area (Å²) in [6.07, 6.45) is 0. The van der Waals surface area contributed by atoms with Gasteiger partial charge < -0.3 is 20.5 Å². The monoisotopic (exact) mass is 472 g/mol. The lowest BCUT2D eigenvalue weighted by atomic mass is 10.0. The molecule has 0 unspecified atom stereocenters. The summed E-state index contributed by atoms with van der Waals surface area (Å²) in [7, 11) is 0. The molecule has 7 heteroatoms. The Morgan fingerprint density at radius 1 is 0.824 bits per heavy atom. The number of hydrogen-bond donors (Lipinski definition) is 3. The molecule has 0 saturated heterocycles. The molecule has 4 aromatic carbocycles. The second-order valence-electron chi connectivity index (χ2n) is 7.60. The number of aromatic carboxylic acids is 1. The van der Waals surface area contributed by atoms with Gasteiger partial charge in [0.2, 0.25) is 0 Å². The summed E-state index contributed by atoms with van der Waals surface area (Å²) < 4.78 is 5.99. The maximum Gasteiger partial charge on any atom is 0.335 e. The molecule has 0 aliphatic rings. The molecule has 0 aromatic heterocycles. The highest BCUT2D eigenvalue weighted by molar-refractivity contribution is 6.30. The molecule has 6 nitrogen and oxygen atoms in total. The Morgan fingerprint density at radius 3 is 2.29 bits per heavy atom. The molecule has 0 bridgehead atoms. The zero-order valence-electron chi connectivity index (χ0n) is 18.2. The number of amides is 2. The van der Waals surface area contributed by atoms with Crippen LogP contribution in [0.2, 0.25) is 5.02 Å². The van der Waals surface area contributed by atoms with Gasteiger partial charge in [-0.1, -0.05) is 41.9 Å². The summed E-state index contributed by atoms with van der Waals surface area (Å²) in [4.78, 5) is 24.1. The number of benzene rings is 4. The van der Waals surface area contributed by atoms with Gasteiger partial charge >= 0.3 is 12.0 Å². The Bertz CT molecular complexity index is 1350. The van der Waals surface area contributed by atoms with Crippen LogP contribution in [-0.4, -0.2) is 17.1 Å². The lowest BCUT2D eigenvalue weighted by Gasteiger charge is -2.15. The first-order valence-electron chi connectivity index (χ1n) is 10.4. The number of nitrogens with one attached hydrogen (secondary N) is 2. The summed E-state index contributed by atoms with van der Waals surface area (Å²) in [6.45, 7) is 1.94. The molecule has 170 valence electrons. The largest absolute Gasteiger partial charge is 0.478 e. The van der Waals surface area contributed by atoms with Crippen molar-refractivity contribution in [2.24, 2.45) is 0 Å². The van der Waals surface area contributed by atoms with E-state index >= 15 is 0 Å². The first kappa shape index (κ1) is 22.9. The summed E-state index contributed by atoms with van der Waals surface area (Å²) in [5.41, 5.74) is 3.68. The van der Waals surface area contributed by atoms with Crippen LogP contribution in [-0.2, 0) is 0 Å². The van der Waals surface area contributed by atoms with E-state index in [1.54, 1.807) is 66.7 Å². The van der Waals surface area contributed by atoms with Gasteiger partial charge in [-0.15, -0.1) is 0 Å². The molecular formula is C27H21ClN2O4. The van der Waals surface area contributed by atoms with Gasteiger partial charge in [0, 0.05) is 10.7 Å². The molecule has 0 fully saturated rings. The fraction of sp³-hybridized carbons (Fsp3) is 0.0370. The van der Waals surface area contributed by atoms with Gasteiger partial charge in [-0.2, -0.15) is 0 Å². The minimum Gasteiger partial charge on any atom is -0.478 e. The zero-order chi connectivity index (χ0) is 24.1. The van der Waals surface area contributed by atoms with E-state index in [0.29, 0.717) is 33.5 Å². The topological polar surface area (TPSA) is 87.7 Å². The van der Waals surface area contributed by atoms with Gasteiger partial charge in [0.15, 0.2) is 5.75 Å². The molecule has 3 N–H and O–H groups in total. The lowest BCUT2D eigenvalue weighted by molar-refractivity contribution is 0.0697. The van der Waals surface area contributed by atoms with Gasteiger partial charge in [0.1, 0.15) is 5.75 Å². The van der Waals surface area contributed by atoms with E-state index in [2.05, 4.69) is 10.6 Å². The summed E-state index contributed by atoms with van der Waals surface area (Å²) in [5, 5.41) is 15.6. The van der Waals surface area contributed by atoms with Crippen molar-refractivity contribution < 1.29 is 19.4 Å². The van der Waals surface area contributed by atoms with Gasteiger partial charge in [0.25, 0.3) is 0 Å². The van der Waals surface area contributed by atoms with Crippen LogP contribution < -0.4 is 15.4 Å². The highest BCUT2D eigenvalue weighted by Crippen LogP contribution is 2.34. The third-order valence-electron chi connectivity index (χ3n) is 4.99. The Hall–Kier alpha value is -4.29. The van der Waals surface area contributed by atoms with E-state index in [1.807, 2.05) is 25.1 Å². The summed E-state index contributed by atoms with van der Waals surface area (Å²) in [6, 6.07) is 25.7. The molecule has 0 spiro atoms. The number of carboxylic acid groups (broad SMARTS) is 1. The number of urea groups is 1. The Morgan fingerprint density at radius 2 is 1.56 bits per heavy atom. The number of aryl methyl sites for hydroxylation is 1. The van der Waals surface area contributed by atoms with Crippen molar-refractivity contribution in [2.75, 3.05) is 10.6 Å². The van der Waals surface area contributed by atoms with Crippen molar-refractivity contribution in [1.82, 2.24) is 0 Å². The molecular weight excluding hydrogens is 452 g/mol. The number of carbonyl (C=O) groups excluding carboxylic acids is 1. The Kier molecular flexibility index (Phi) is 6.80. The zero-order valence-corrected chi connectivity index (χ0v) is 19.0. The molecule has 2 amide bonds. The van der Waals surface area contributed by atoms with Crippen LogP contribution in [0, 0.1) is 6.92 Å². The quantitative estimate of drug-likeness (QED) is 0.272. The number of carboxylic acids is 1. The first-order chi connectivity index (χ1) is 16.4. The van der Waals surface area contributed by atoms with Crippen molar-refractivity contribution in [3.63, 3.8) is 0 Å². The number of hydrogen-bond acceptors (Lipinski definition) is 3. The molecule has 0 aliphatic carbocycles. The van der Waals surface area contributed by atoms with E-state index < -0.39 is 12.0 Å². The van der Waals surface area contributed by atoms with Crippen LogP contribution in [0.3, 0.4) is 0 Å². The van der Waals surface area contributed by atoms with Gasteiger partial charge in [-0.25, -0.2) is 9.59 Å². The molecule has 34 heavy (non-hydrogen) atoms. The predicted octanol–water partition coefficient (Wildman–Crippen LogP) is 7.45. The molecule has 4 aromatic rings. The van der Waals surface area contributed by atoms with Crippen LogP contribution >= 0.6 is 11.6 Å². The second-order valence-corrected chi connectivity index (χ2v) is 8.04. The van der Waals surface area contributed by atoms with Gasteiger partial charge in [0.05, 0.1) is 11.3 Å². The van der Waals surface area contributed by atoms with Crippen molar-refractivity contribution in [1.29, 1.82) is 0 Å². The molecule has 0 saturated carbocycles. The fourth-order valence-electron chi connectivity index (χ4n) is 3.37. The Labute approximate surface area is 201 Å². The third-order valence-corrected chi connectivity index (χ3v) is 5.24. The smallest absolute Gasteiger partial charge is 0.335 e. The SMILES string of the molecule is Cc1cccc(NC(=O)Nc2cc(-c3cccc(C(=O)O)c3)ccc2Oc2ccc(Cl)cc2)c1. The molecule has 0 radical (unpaired) electrons. The summed E-state index contributed by atoms with van der Waals surface area (Å²) in [5.74, 6) is -0.0487. The van der Waals surface area contributed by atoms with E-state index in [9.17, 15) is 14.7 Å². The van der Waals surface area contributed by atoms with Gasteiger partial charge in [-0.3, -0.25) is 0 Å². The average Bonchev–Trinajstić information content (AvgIpc) is 2.81. The van der Waals surface area contributed by atoms with E-state index in [-0.39, 0.29) is 5.56 Å². The highest BCUT2D eigenvalue weighted by atomic mass is 35.5. The fourth-order valence-corrected chi connectivity index (χ4v) is 3.49. The summed E-state index contributed by atoms with van der Waals surface area (Å²) >= 11 is 5.96. The van der Waals surface area contributed by atoms with Crippen molar-refractivity contribution >= 4 is 35.0 Å². The number of rotatable bonds is 6. The van der Waals surface area contributed by atoms with Crippen molar-refractivity contribution in [3.8, 4) is 22.6 Å². The van der Waals surface area contributed by atoms with E-state index in [0.717, 1.165) is 11.1 Å². The first-order valence-corrected chi connectivity index (χ1v) is 10.8. The Balaban J connectivity index is 1.66. The van der Waals surface area contributed by atoms with Crippen LogP contribution in [0.1, 0.15) is 15.9 Å². The maximum atomic E-state index is 12.8. The minimum atomic E-state index is -1.01. The van der Waals surface area contributed by atoms with Crippen LogP contribution in [0.25, 0.3) is 11.1 Å². The second kappa shape index (κ2) is 10.1. The standard InChI is InChI=1S/C27H21ClN2O4/c1-17-4-2-7-22(14-17)29-27(33)30-24-16-19(18-5-3-6-20(15-18)26(31)32)8-13-25(24)34-23-11-9-21(28)10-12-23/h2-16H,1H3,(H,31,32)(H2,29,30,33). The minimum absolute atomic E-state index is 0.172.